The summed E-state index contributed by atoms with van der Waals surface area (Å²) in [6.45, 7) is 8.94. The van der Waals surface area contributed by atoms with E-state index >= 15 is 0 Å². The lowest BCUT2D eigenvalue weighted by atomic mass is 10.1. The van der Waals surface area contributed by atoms with Crippen LogP contribution in [0.3, 0.4) is 0 Å². The Kier molecular flexibility index (Phi) is 5.41. The van der Waals surface area contributed by atoms with Crippen LogP contribution in [0.25, 0.3) is 11.2 Å². The van der Waals surface area contributed by atoms with E-state index in [9.17, 15) is 0 Å². The zero-order valence-corrected chi connectivity index (χ0v) is 17.3. The molecular formula is C20H26N6OS. The summed E-state index contributed by atoms with van der Waals surface area (Å²) in [6, 6.07) is 4.82. The maximum Gasteiger partial charge on any atom is 0.175 e. The third-order valence-electron chi connectivity index (χ3n) is 4.82. The average Bonchev–Trinajstić information content (AvgIpc) is 3.24. The molecule has 0 spiro atoms. The first-order valence-corrected chi connectivity index (χ1v) is 10.5. The van der Waals surface area contributed by atoms with Crippen LogP contribution in [-0.2, 0) is 13.0 Å². The Balaban J connectivity index is 1.66. The van der Waals surface area contributed by atoms with Crippen LogP contribution in [0.2, 0.25) is 0 Å². The number of fused-ring (bicyclic) bond motifs is 2. The second kappa shape index (κ2) is 7.97. The number of aryl methyl sites for hydroxylation is 2. The molecule has 28 heavy (non-hydrogen) atoms. The van der Waals surface area contributed by atoms with Crippen molar-refractivity contribution in [3.8, 4) is 5.75 Å². The van der Waals surface area contributed by atoms with E-state index in [0.29, 0.717) is 17.4 Å². The molecule has 3 heterocycles. The van der Waals surface area contributed by atoms with Crippen molar-refractivity contribution in [2.75, 3.05) is 18.9 Å². The highest BCUT2D eigenvalue weighted by Gasteiger charge is 2.19. The van der Waals surface area contributed by atoms with Gasteiger partial charge in [-0.05, 0) is 43.1 Å². The second-order valence-electron chi connectivity index (χ2n) is 7.37. The van der Waals surface area contributed by atoms with Crippen molar-refractivity contribution in [1.82, 2.24) is 24.8 Å². The van der Waals surface area contributed by atoms with Crippen molar-refractivity contribution in [3.63, 3.8) is 0 Å². The minimum absolute atomic E-state index is 0.421. The fraction of sp³-hybridized carbons (Fsp3) is 0.450. The number of benzene rings is 1. The summed E-state index contributed by atoms with van der Waals surface area (Å²) in [4.78, 5) is 14.5. The standard InChI is InChI=1S/C20H26N6OS/c1-12(2)22-6-4-7-26-19-17(18(21)23-11-24-19)25-20(26)28-16-10-14-5-8-27-15(14)9-13(16)3/h9-12,22H,4-8H2,1-3H3,(H2,21,23,24). The molecule has 0 bridgehead atoms. The van der Waals surface area contributed by atoms with Gasteiger partial charge >= 0.3 is 0 Å². The van der Waals surface area contributed by atoms with Crippen LogP contribution < -0.4 is 15.8 Å². The number of nitrogen functional groups attached to an aromatic ring is 1. The topological polar surface area (TPSA) is 90.9 Å². The van der Waals surface area contributed by atoms with Gasteiger partial charge in [0.15, 0.2) is 22.1 Å². The van der Waals surface area contributed by atoms with Gasteiger partial charge in [-0.25, -0.2) is 15.0 Å². The number of rotatable bonds is 7. The summed E-state index contributed by atoms with van der Waals surface area (Å²) in [6.07, 6.45) is 3.45. The lowest BCUT2D eigenvalue weighted by molar-refractivity contribution is 0.356. The number of nitrogens with two attached hydrogens (primary N) is 1. The molecule has 0 aliphatic carbocycles. The number of aromatic nitrogens is 4. The van der Waals surface area contributed by atoms with E-state index in [1.54, 1.807) is 11.8 Å². The summed E-state index contributed by atoms with van der Waals surface area (Å²) in [5.74, 6) is 1.43. The van der Waals surface area contributed by atoms with Crippen LogP contribution in [0.15, 0.2) is 28.5 Å². The molecule has 148 valence electrons. The number of nitrogens with zero attached hydrogens (tertiary/aromatic N) is 4. The first-order valence-electron chi connectivity index (χ1n) is 9.67. The third-order valence-corrected chi connectivity index (χ3v) is 5.98. The number of hydrogen-bond donors (Lipinski definition) is 2. The van der Waals surface area contributed by atoms with Gasteiger partial charge in [0.25, 0.3) is 0 Å². The van der Waals surface area contributed by atoms with E-state index in [1.807, 2.05) is 0 Å². The highest BCUT2D eigenvalue weighted by atomic mass is 32.2. The minimum Gasteiger partial charge on any atom is -0.493 e. The monoisotopic (exact) mass is 398 g/mol. The summed E-state index contributed by atoms with van der Waals surface area (Å²) >= 11 is 1.66. The smallest absolute Gasteiger partial charge is 0.175 e. The molecule has 0 fully saturated rings. The highest BCUT2D eigenvalue weighted by Crippen LogP contribution is 2.37. The Hall–Kier alpha value is -2.32. The normalized spacial score (nSPS) is 13.3. The lowest BCUT2D eigenvalue weighted by Gasteiger charge is -2.12. The van der Waals surface area contributed by atoms with Crippen LogP contribution in [0, 0.1) is 6.92 Å². The van der Waals surface area contributed by atoms with E-state index in [1.165, 1.54) is 22.3 Å². The van der Waals surface area contributed by atoms with Crippen LogP contribution >= 0.6 is 11.8 Å². The fourth-order valence-electron chi connectivity index (χ4n) is 3.35. The second-order valence-corrected chi connectivity index (χ2v) is 8.37. The van der Waals surface area contributed by atoms with E-state index in [2.05, 4.69) is 52.8 Å². The molecule has 2 aromatic heterocycles. The predicted octanol–water partition coefficient (Wildman–Crippen LogP) is 3.19. The first kappa shape index (κ1) is 19.0. The molecule has 8 heteroatoms. The van der Waals surface area contributed by atoms with Crippen molar-refractivity contribution < 1.29 is 4.74 Å². The zero-order valence-electron chi connectivity index (χ0n) is 16.5. The first-order chi connectivity index (χ1) is 13.5. The molecule has 7 nitrogen and oxygen atoms in total. The van der Waals surface area contributed by atoms with Crippen molar-refractivity contribution >= 4 is 28.7 Å². The number of imidazole rings is 1. The molecule has 1 aliphatic rings. The molecular weight excluding hydrogens is 372 g/mol. The van der Waals surface area contributed by atoms with E-state index in [-0.39, 0.29) is 0 Å². The molecule has 4 rings (SSSR count). The Morgan fingerprint density at radius 1 is 1.32 bits per heavy atom. The number of hydrogen-bond acceptors (Lipinski definition) is 7. The number of ether oxygens (including phenoxy) is 1. The maximum atomic E-state index is 6.06. The van der Waals surface area contributed by atoms with Gasteiger partial charge in [-0.1, -0.05) is 25.6 Å². The minimum atomic E-state index is 0.421. The Morgan fingerprint density at radius 2 is 2.18 bits per heavy atom. The largest absolute Gasteiger partial charge is 0.493 e. The van der Waals surface area contributed by atoms with Gasteiger partial charge in [0.1, 0.15) is 12.1 Å². The highest BCUT2D eigenvalue weighted by molar-refractivity contribution is 7.99. The van der Waals surface area contributed by atoms with Crippen LogP contribution in [0.5, 0.6) is 5.75 Å². The average molecular weight is 399 g/mol. The van der Waals surface area contributed by atoms with Gasteiger partial charge in [-0.3, -0.25) is 0 Å². The number of nitrogens with one attached hydrogen (secondary N) is 1. The molecule has 3 N–H and O–H groups in total. The summed E-state index contributed by atoms with van der Waals surface area (Å²) < 4.78 is 7.84. The van der Waals surface area contributed by atoms with E-state index < -0.39 is 0 Å². The Labute approximate surface area is 169 Å². The van der Waals surface area contributed by atoms with Crippen LogP contribution in [0.1, 0.15) is 31.4 Å². The zero-order chi connectivity index (χ0) is 19.7. The van der Waals surface area contributed by atoms with Gasteiger partial charge in [0, 0.05) is 23.9 Å². The molecule has 0 radical (unpaired) electrons. The van der Waals surface area contributed by atoms with Gasteiger partial charge in [-0.15, -0.1) is 0 Å². The quantitative estimate of drug-likeness (QED) is 0.591. The molecule has 0 unspecified atom stereocenters. The summed E-state index contributed by atoms with van der Waals surface area (Å²) in [5, 5.41) is 4.36. The van der Waals surface area contributed by atoms with Crippen molar-refractivity contribution in [3.05, 3.63) is 29.6 Å². The van der Waals surface area contributed by atoms with Gasteiger partial charge in [-0.2, -0.15) is 0 Å². The molecule has 0 amide bonds. The Morgan fingerprint density at radius 3 is 3.00 bits per heavy atom. The third kappa shape index (κ3) is 3.79. The molecule has 0 saturated carbocycles. The molecule has 0 atom stereocenters. The predicted molar refractivity (Wildman–Crippen MR) is 112 cm³/mol. The molecule has 1 aromatic carbocycles. The Bertz CT molecular complexity index is 1000. The van der Waals surface area contributed by atoms with E-state index in [0.717, 1.165) is 49.1 Å². The van der Waals surface area contributed by atoms with Crippen LogP contribution in [0.4, 0.5) is 5.82 Å². The molecule has 3 aromatic rings. The molecule has 0 saturated heterocycles. The van der Waals surface area contributed by atoms with Gasteiger partial charge < -0.3 is 20.4 Å². The van der Waals surface area contributed by atoms with Crippen molar-refractivity contribution in [2.24, 2.45) is 0 Å². The lowest BCUT2D eigenvalue weighted by Crippen LogP contribution is -2.24. The SMILES string of the molecule is Cc1cc2c(cc1Sc1nc3c(N)ncnc3n1CCCNC(C)C)CCO2. The fourth-order valence-corrected chi connectivity index (χ4v) is 4.40. The van der Waals surface area contributed by atoms with Crippen LogP contribution in [-0.4, -0.2) is 38.7 Å². The molecule has 1 aliphatic heterocycles. The van der Waals surface area contributed by atoms with Crippen molar-refractivity contribution in [1.29, 1.82) is 0 Å². The number of anilines is 1. The summed E-state index contributed by atoms with van der Waals surface area (Å²) in [7, 11) is 0. The van der Waals surface area contributed by atoms with Gasteiger partial charge in [0.2, 0.25) is 0 Å². The van der Waals surface area contributed by atoms with Crippen molar-refractivity contribution in [2.45, 2.75) is 56.3 Å². The van der Waals surface area contributed by atoms with E-state index in [4.69, 9.17) is 15.5 Å². The maximum absolute atomic E-state index is 6.06. The summed E-state index contributed by atoms with van der Waals surface area (Å²) in [5.41, 5.74) is 9.97. The van der Waals surface area contributed by atoms with Gasteiger partial charge in [0.05, 0.1) is 6.61 Å².